The van der Waals surface area contributed by atoms with Crippen molar-refractivity contribution in [1.29, 1.82) is 0 Å². The van der Waals surface area contributed by atoms with E-state index in [1.165, 1.54) is 0 Å². The molecule has 0 atom stereocenters. The van der Waals surface area contributed by atoms with Gasteiger partial charge in [-0.1, -0.05) is 18.2 Å². The van der Waals surface area contributed by atoms with Gasteiger partial charge in [0.1, 0.15) is 11.4 Å². The van der Waals surface area contributed by atoms with Crippen molar-refractivity contribution in [2.75, 3.05) is 33.4 Å². The number of carbonyl (C=O) groups is 2. The number of amides is 2. The average Bonchev–Trinajstić information content (AvgIpc) is 3.21. The molecule has 1 saturated heterocycles. The number of H-pyrrole nitrogens is 1. The van der Waals surface area contributed by atoms with Gasteiger partial charge >= 0.3 is 0 Å². The lowest BCUT2D eigenvalue weighted by Gasteiger charge is -2.27. The number of fused-ring (bicyclic) bond motifs is 1. The zero-order valence-corrected chi connectivity index (χ0v) is 16.7. The fourth-order valence-corrected chi connectivity index (χ4v) is 3.40. The first-order valence-corrected chi connectivity index (χ1v) is 9.76. The summed E-state index contributed by atoms with van der Waals surface area (Å²) < 4.78 is 10.7. The molecule has 0 aliphatic carbocycles. The molecule has 7 heteroatoms. The topological polar surface area (TPSA) is 83.7 Å². The Morgan fingerprint density at radius 2 is 1.90 bits per heavy atom. The molecule has 0 radical (unpaired) electrons. The van der Waals surface area contributed by atoms with E-state index in [-0.39, 0.29) is 17.5 Å². The molecular weight excluding hydrogens is 382 g/mol. The Hall–Kier alpha value is -3.58. The third kappa shape index (κ3) is 4.21. The summed E-state index contributed by atoms with van der Waals surface area (Å²) in [7, 11) is 1.61. The van der Waals surface area contributed by atoms with Crippen molar-refractivity contribution >= 4 is 28.8 Å². The van der Waals surface area contributed by atoms with Crippen molar-refractivity contribution < 1.29 is 19.1 Å². The Kier molecular flexibility index (Phi) is 5.81. The zero-order valence-electron chi connectivity index (χ0n) is 16.7. The molecule has 2 amide bonds. The van der Waals surface area contributed by atoms with Crippen LogP contribution in [0.25, 0.3) is 17.0 Å². The number of carbonyl (C=O) groups excluding carboxylic acids is 2. The number of aromatic amines is 1. The van der Waals surface area contributed by atoms with E-state index in [0.717, 1.165) is 16.5 Å². The number of benzene rings is 2. The van der Waals surface area contributed by atoms with Crippen molar-refractivity contribution in [3.05, 3.63) is 71.6 Å². The van der Waals surface area contributed by atoms with Crippen LogP contribution in [0.3, 0.4) is 0 Å². The van der Waals surface area contributed by atoms with E-state index < -0.39 is 0 Å². The summed E-state index contributed by atoms with van der Waals surface area (Å²) in [5.41, 5.74) is 2.40. The fraction of sp³-hybridized carbons (Fsp3) is 0.217. The zero-order chi connectivity index (χ0) is 20.9. The Balaban J connectivity index is 1.70. The number of methoxy groups -OCH3 is 1. The number of aromatic nitrogens is 1. The van der Waals surface area contributed by atoms with Gasteiger partial charge in [0.25, 0.3) is 11.8 Å². The molecule has 2 aromatic carbocycles. The van der Waals surface area contributed by atoms with Crippen molar-refractivity contribution in [1.82, 2.24) is 15.2 Å². The second-order valence-electron chi connectivity index (χ2n) is 6.94. The van der Waals surface area contributed by atoms with Gasteiger partial charge in [-0.25, -0.2) is 0 Å². The van der Waals surface area contributed by atoms with Gasteiger partial charge in [-0.2, -0.15) is 0 Å². The number of nitrogens with one attached hydrogen (secondary N) is 2. The molecule has 2 N–H and O–H groups in total. The lowest BCUT2D eigenvalue weighted by Crippen LogP contribution is -2.44. The Bertz CT molecular complexity index is 1080. The predicted molar refractivity (Wildman–Crippen MR) is 114 cm³/mol. The van der Waals surface area contributed by atoms with Crippen molar-refractivity contribution in [2.24, 2.45) is 0 Å². The molecule has 1 aromatic heterocycles. The summed E-state index contributed by atoms with van der Waals surface area (Å²) in [4.78, 5) is 30.8. The summed E-state index contributed by atoms with van der Waals surface area (Å²) in [5.74, 6) is 0.145. The Labute approximate surface area is 174 Å². The third-order valence-electron chi connectivity index (χ3n) is 5.03. The third-order valence-corrected chi connectivity index (χ3v) is 5.03. The van der Waals surface area contributed by atoms with Gasteiger partial charge in [0, 0.05) is 41.3 Å². The number of hydrogen-bond donors (Lipinski definition) is 2. The van der Waals surface area contributed by atoms with Crippen molar-refractivity contribution in [3.63, 3.8) is 0 Å². The second-order valence-corrected chi connectivity index (χ2v) is 6.94. The maximum atomic E-state index is 13.2. The van der Waals surface area contributed by atoms with E-state index in [1.54, 1.807) is 42.4 Å². The van der Waals surface area contributed by atoms with Crippen molar-refractivity contribution in [3.8, 4) is 5.75 Å². The van der Waals surface area contributed by atoms with Gasteiger partial charge in [-0.05, 0) is 36.4 Å². The lowest BCUT2D eigenvalue weighted by atomic mass is 10.1. The monoisotopic (exact) mass is 405 g/mol. The summed E-state index contributed by atoms with van der Waals surface area (Å²) in [6, 6.07) is 14.5. The number of hydrogen-bond acceptors (Lipinski definition) is 4. The summed E-state index contributed by atoms with van der Waals surface area (Å²) in [5, 5.41) is 3.71. The summed E-state index contributed by atoms with van der Waals surface area (Å²) in [6.45, 7) is 1.93. The molecule has 3 aromatic rings. The number of morpholine rings is 1. The molecule has 154 valence electrons. The minimum absolute atomic E-state index is 0.217. The highest BCUT2D eigenvalue weighted by Gasteiger charge is 2.23. The van der Waals surface area contributed by atoms with Gasteiger partial charge in [0.15, 0.2) is 0 Å². The highest BCUT2D eigenvalue weighted by molar-refractivity contribution is 6.06. The van der Waals surface area contributed by atoms with E-state index in [4.69, 9.17) is 9.47 Å². The minimum atomic E-state index is -0.333. The van der Waals surface area contributed by atoms with E-state index in [9.17, 15) is 9.59 Å². The lowest BCUT2D eigenvalue weighted by molar-refractivity contribution is -0.131. The SMILES string of the molecule is COc1ccc2[nH]cc(/C=C(\NC(=O)c3ccccc3)C(=O)N3CCOCC3)c2c1. The molecular formula is C23H23N3O4. The maximum Gasteiger partial charge on any atom is 0.270 e. The molecule has 0 unspecified atom stereocenters. The first-order chi connectivity index (χ1) is 14.7. The van der Waals surface area contributed by atoms with Crippen LogP contribution in [0.4, 0.5) is 0 Å². The smallest absolute Gasteiger partial charge is 0.270 e. The predicted octanol–water partition coefficient (Wildman–Crippen LogP) is 2.81. The Morgan fingerprint density at radius 1 is 1.13 bits per heavy atom. The standard InChI is InChI=1S/C23H23N3O4/c1-29-18-7-8-20-19(14-18)17(15-24-20)13-21(23(28)26-9-11-30-12-10-26)25-22(27)16-5-3-2-4-6-16/h2-8,13-15,24H,9-12H2,1H3,(H,25,27)/b21-13-. The van der Waals surface area contributed by atoms with E-state index in [1.807, 2.05) is 30.5 Å². The number of rotatable bonds is 5. The highest BCUT2D eigenvalue weighted by atomic mass is 16.5. The molecule has 0 saturated carbocycles. The largest absolute Gasteiger partial charge is 0.497 e. The molecule has 0 spiro atoms. The molecule has 30 heavy (non-hydrogen) atoms. The van der Waals surface area contributed by atoms with Crippen LogP contribution in [0, 0.1) is 0 Å². The van der Waals surface area contributed by atoms with Crippen LogP contribution >= 0.6 is 0 Å². The first kappa shape index (κ1) is 19.7. The van der Waals surface area contributed by atoms with Gasteiger partial charge in [0.2, 0.25) is 0 Å². The van der Waals surface area contributed by atoms with Crippen LogP contribution in [0.2, 0.25) is 0 Å². The fourth-order valence-electron chi connectivity index (χ4n) is 3.40. The number of nitrogens with zero attached hydrogens (tertiary/aromatic N) is 1. The minimum Gasteiger partial charge on any atom is -0.497 e. The molecule has 2 heterocycles. The normalized spacial score (nSPS) is 14.6. The van der Waals surface area contributed by atoms with Crippen LogP contribution < -0.4 is 10.1 Å². The molecule has 1 aliphatic heterocycles. The van der Waals surface area contributed by atoms with E-state index >= 15 is 0 Å². The second kappa shape index (κ2) is 8.84. The number of ether oxygens (including phenoxy) is 2. The first-order valence-electron chi connectivity index (χ1n) is 9.76. The molecule has 7 nitrogen and oxygen atoms in total. The van der Waals surface area contributed by atoms with Gasteiger partial charge in [-0.3, -0.25) is 9.59 Å². The van der Waals surface area contributed by atoms with Crippen LogP contribution in [0.1, 0.15) is 15.9 Å². The van der Waals surface area contributed by atoms with Crippen LogP contribution in [0.15, 0.2) is 60.4 Å². The van der Waals surface area contributed by atoms with E-state index in [0.29, 0.717) is 37.6 Å². The molecule has 0 bridgehead atoms. The molecule has 4 rings (SSSR count). The molecule has 1 aliphatic rings. The van der Waals surface area contributed by atoms with Crippen LogP contribution in [-0.2, 0) is 9.53 Å². The highest BCUT2D eigenvalue weighted by Crippen LogP contribution is 2.25. The average molecular weight is 405 g/mol. The Morgan fingerprint density at radius 3 is 2.63 bits per heavy atom. The quantitative estimate of drug-likeness (QED) is 0.640. The van der Waals surface area contributed by atoms with E-state index in [2.05, 4.69) is 10.3 Å². The van der Waals surface area contributed by atoms with Gasteiger partial charge < -0.3 is 24.7 Å². The molecule has 1 fully saturated rings. The maximum absolute atomic E-state index is 13.2. The summed E-state index contributed by atoms with van der Waals surface area (Å²) in [6.07, 6.45) is 3.52. The van der Waals surface area contributed by atoms with Crippen LogP contribution in [-0.4, -0.2) is 55.1 Å². The van der Waals surface area contributed by atoms with Gasteiger partial charge in [-0.15, -0.1) is 0 Å². The van der Waals surface area contributed by atoms with Gasteiger partial charge in [0.05, 0.1) is 20.3 Å². The van der Waals surface area contributed by atoms with Crippen molar-refractivity contribution in [2.45, 2.75) is 0 Å². The van der Waals surface area contributed by atoms with Crippen LogP contribution in [0.5, 0.6) is 5.75 Å². The summed E-state index contributed by atoms with van der Waals surface area (Å²) >= 11 is 0.